The Kier molecular flexibility index (Phi) is 9.20. The second-order valence-corrected chi connectivity index (χ2v) is 16.4. The summed E-state index contributed by atoms with van der Waals surface area (Å²) in [5.74, 6) is 0. The number of nitrogens with zero attached hydrogens (tertiary/aromatic N) is 2. The quantitative estimate of drug-likeness (QED) is 0.139. The van der Waals surface area contributed by atoms with Crippen molar-refractivity contribution in [3.8, 4) is 50.2 Å². The monoisotopic (exact) mass is 814 g/mol. The largest absolute Gasteiger partial charge is 0.310 e. The molecule has 0 aliphatic rings. The first-order chi connectivity index (χ1) is 31.8. The molecule has 0 spiro atoms. The van der Waals surface area contributed by atoms with Gasteiger partial charge in [-0.3, -0.25) is 0 Å². The normalized spacial score (nSPS) is 11.4. The highest BCUT2D eigenvalue weighted by Crippen LogP contribution is 2.46. The van der Waals surface area contributed by atoms with Crippen LogP contribution in [0.3, 0.4) is 0 Å². The maximum Gasteiger partial charge on any atom is 0.0547 e. The van der Waals surface area contributed by atoms with E-state index in [2.05, 4.69) is 264 Å². The number of hydrogen-bond donors (Lipinski definition) is 0. The van der Waals surface area contributed by atoms with Gasteiger partial charge in [0.2, 0.25) is 0 Å². The number of benzene rings is 11. The molecule has 0 atom stereocenters. The molecular weight excluding hydrogens is 773 g/mol. The van der Waals surface area contributed by atoms with Gasteiger partial charge in [-0.2, -0.15) is 0 Å². The van der Waals surface area contributed by atoms with E-state index in [1.807, 2.05) is 0 Å². The molecule has 64 heavy (non-hydrogen) atoms. The van der Waals surface area contributed by atoms with Crippen molar-refractivity contribution in [1.82, 2.24) is 4.57 Å². The van der Waals surface area contributed by atoms with Crippen LogP contribution < -0.4 is 4.90 Å². The van der Waals surface area contributed by atoms with Gasteiger partial charge in [-0.1, -0.05) is 188 Å². The lowest BCUT2D eigenvalue weighted by atomic mass is 9.84. The van der Waals surface area contributed by atoms with Crippen LogP contribution in [0.1, 0.15) is 0 Å². The summed E-state index contributed by atoms with van der Waals surface area (Å²) in [5.41, 5.74) is 16.5. The van der Waals surface area contributed by atoms with E-state index in [9.17, 15) is 0 Å². The Morgan fingerprint density at radius 3 is 1.48 bits per heavy atom. The summed E-state index contributed by atoms with van der Waals surface area (Å²) < 4.78 is 2.39. The summed E-state index contributed by atoms with van der Waals surface area (Å²) in [6.07, 6.45) is 0. The predicted octanol–water partition coefficient (Wildman–Crippen LogP) is 17.2. The van der Waals surface area contributed by atoms with E-state index in [4.69, 9.17) is 0 Å². The summed E-state index contributed by atoms with van der Waals surface area (Å²) in [6, 6.07) is 92.5. The molecule has 2 nitrogen and oxygen atoms in total. The topological polar surface area (TPSA) is 8.17 Å². The molecule has 11 aromatic carbocycles. The highest BCUT2D eigenvalue weighted by molar-refractivity contribution is 6.22. The van der Waals surface area contributed by atoms with Crippen molar-refractivity contribution in [1.29, 1.82) is 0 Å². The molecule has 0 saturated heterocycles. The molecule has 12 rings (SSSR count). The minimum Gasteiger partial charge on any atom is -0.310 e. The fourth-order valence-electron chi connectivity index (χ4n) is 9.94. The van der Waals surface area contributed by atoms with Crippen LogP contribution in [-0.2, 0) is 0 Å². The zero-order valence-electron chi connectivity index (χ0n) is 35.1. The molecule has 0 amide bonds. The van der Waals surface area contributed by atoms with E-state index in [1.54, 1.807) is 0 Å². The molecule has 300 valence electrons. The second-order valence-electron chi connectivity index (χ2n) is 16.4. The van der Waals surface area contributed by atoms with Crippen LogP contribution >= 0.6 is 0 Å². The third-order valence-electron chi connectivity index (χ3n) is 12.8. The smallest absolute Gasteiger partial charge is 0.0547 e. The maximum atomic E-state index is 2.40. The highest BCUT2D eigenvalue weighted by atomic mass is 15.1. The average molecular weight is 815 g/mol. The lowest BCUT2D eigenvalue weighted by Crippen LogP contribution is -2.09. The van der Waals surface area contributed by atoms with E-state index in [-0.39, 0.29) is 0 Å². The van der Waals surface area contributed by atoms with Gasteiger partial charge in [0.25, 0.3) is 0 Å². The molecule has 2 heteroatoms. The minimum atomic E-state index is 1.09. The molecule has 0 radical (unpaired) electrons. The van der Waals surface area contributed by atoms with Gasteiger partial charge in [0.05, 0.1) is 11.0 Å². The van der Waals surface area contributed by atoms with Crippen LogP contribution in [0.25, 0.3) is 93.5 Å². The minimum absolute atomic E-state index is 1.09. The molecule has 0 bridgehead atoms. The molecule has 0 unspecified atom stereocenters. The first kappa shape index (κ1) is 37.3. The molecule has 0 fully saturated rings. The van der Waals surface area contributed by atoms with Crippen LogP contribution in [0.5, 0.6) is 0 Å². The van der Waals surface area contributed by atoms with E-state index in [0.29, 0.717) is 0 Å². The molecule has 0 N–H and O–H groups in total. The van der Waals surface area contributed by atoms with Gasteiger partial charge in [0.15, 0.2) is 0 Å². The van der Waals surface area contributed by atoms with Gasteiger partial charge in [-0.05, 0) is 133 Å². The molecule has 1 aromatic heterocycles. The van der Waals surface area contributed by atoms with Gasteiger partial charge < -0.3 is 9.47 Å². The Morgan fingerprint density at radius 2 is 0.766 bits per heavy atom. The van der Waals surface area contributed by atoms with Crippen molar-refractivity contribution >= 4 is 60.4 Å². The van der Waals surface area contributed by atoms with Crippen molar-refractivity contribution in [3.05, 3.63) is 255 Å². The Balaban J connectivity index is 0.984. The Hall–Kier alpha value is -8.46. The molecular formula is C62H42N2. The first-order valence-electron chi connectivity index (χ1n) is 22.0. The van der Waals surface area contributed by atoms with E-state index in [1.165, 1.54) is 87.9 Å². The molecule has 0 saturated carbocycles. The molecule has 0 aliphatic carbocycles. The van der Waals surface area contributed by atoms with E-state index < -0.39 is 0 Å². The number of para-hydroxylation sites is 3. The summed E-state index contributed by atoms with van der Waals surface area (Å²) in [4.78, 5) is 2.37. The first-order valence-corrected chi connectivity index (χ1v) is 22.0. The zero-order valence-corrected chi connectivity index (χ0v) is 35.1. The van der Waals surface area contributed by atoms with Crippen LogP contribution in [0, 0.1) is 0 Å². The molecule has 12 aromatic rings. The van der Waals surface area contributed by atoms with Gasteiger partial charge in [0, 0.05) is 33.5 Å². The lowest BCUT2D eigenvalue weighted by molar-refractivity contribution is 1.18. The van der Waals surface area contributed by atoms with Crippen LogP contribution in [0.2, 0.25) is 0 Å². The third-order valence-corrected chi connectivity index (χ3v) is 12.8. The van der Waals surface area contributed by atoms with Gasteiger partial charge in [-0.15, -0.1) is 0 Å². The van der Waals surface area contributed by atoms with Crippen molar-refractivity contribution < 1.29 is 0 Å². The SMILES string of the molecule is c1ccc(-c2c(-c3ccccc3)c3cc(-c4ccc(N(c5ccccc5)c5cccc(-c6cccc7c6c6ccccc6n7-c6ccccc6)c5)cc4)ccc3c3ccccc23)cc1. The second kappa shape index (κ2) is 15.8. The summed E-state index contributed by atoms with van der Waals surface area (Å²) >= 11 is 0. The Morgan fingerprint density at radius 1 is 0.266 bits per heavy atom. The number of anilines is 3. The zero-order chi connectivity index (χ0) is 42.4. The van der Waals surface area contributed by atoms with Crippen molar-refractivity contribution in [2.24, 2.45) is 0 Å². The summed E-state index contributed by atoms with van der Waals surface area (Å²) in [5, 5.41) is 7.52. The van der Waals surface area contributed by atoms with Crippen molar-refractivity contribution in [2.75, 3.05) is 4.90 Å². The van der Waals surface area contributed by atoms with Crippen molar-refractivity contribution in [3.63, 3.8) is 0 Å². The van der Waals surface area contributed by atoms with Gasteiger partial charge in [-0.25, -0.2) is 0 Å². The van der Waals surface area contributed by atoms with Crippen LogP contribution in [0.15, 0.2) is 255 Å². The number of hydrogen-bond acceptors (Lipinski definition) is 1. The lowest BCUT2D eigenvalue weighted by Gasteiger charge is -2.26. The fourth-order valence-corrected chi connectivity index (χ4v) is 9.94. The Labute approximate surface area is 373 Å². The number of rotatable bonds is 8. The van der Waals surface area contributed by atoms with Gasteiger partial charge >= 0.3 is 0 Å². The maximum absolute atomic E-state index is 2.40. The number of aromatic nitrogens is 1. The van der Waals surface area contributed by atoms with E-state index >= 15 is 0 Å². The van der Waals surface area contributed by atoms with Crippen LogP contribution in [0.4, 0.5) is 17.1 Å². The average Bonchev–Trinajstić information content (AvgIpc) is 3.72. The van der Waals surface area contributed by atoms with Gasteiger partial charge in [0.1, 0.15) is 0 Å². The summed E-state index contributed by atoms with van der Waals surface area (Å²) in [6.45, 7) is 0. The fraction of sp³-hybridized carbons (Fsp3) is 0. The standard InChI is InChI=1S/C62H42N2/c1-5-19-44(20-6-1)60-55-30-14-13-29-53(55)54-40-37-46(42-57(54)61(60)45-21-7-2-8-22-45)43-35-38-50(39-36-43)63(48-24-9-3-10-25-48)51-28-17-23-47(41-51)52-32-18-34-59-62(52)56-31-15-16-33-58(56)64(59)49-26-11-4-12-27-49/h1-42H. The molecule has 0 aliphatic heterocycles. The Bertz CT molecular complexity index is 3630. The molecule has 1 heterocycles. The summed E-state index contributed by atoms with van der Waals surface area (Å²) in [7, 11) is 0. The van der Waals surface area contributed by atoms with E-state index in [0.717, 1.165) is 22.7 Å². The van der Waals surface area contributed by atoms with Crippen molar-refractivity contribution in [2.45, 2.75) is 0 Å². The predicted molar refractivity (Wildman–Crippen MR) is 272 cm³/mol. The number of fused-ring (bicyclic) bond motifs is 6. The highest BCUT2D eigenvalue weighted by Gasteiger charge is 2.20. The van der Waals surface area contributed by atoms with Crippen LogP contribution in [-0.4, -0.2) is 4.57 Å². The third kappa shape index (κ3) is 6.35.